The molecule has 0 bridgehead atoms. The summed E-state index contributed by atoms with van der Waals surface area (Å²) in [5, 5.41) is 15.1. The summed E-state index contributed by atoms with van der Waals surface area (Å²) in [6, 6.07) is 17.7. The van der Waals surface area contributed by atoms with Crippen molar-refractivity contribution in [3.63, 3.8) is 0 Å². The third-order valence-corrected chi connectivity index (χ3v) is 6.11. The number of fused-ring (bicyclic) bond motifs is 4. The van der Waals surface area contributed by atoms with Gasteiger partial charge in [-0.05, 0) is 40.8 Å². The van der Waals surface area contributed by atoms with Gasteiger partial charge in [0.1, 0.15) is 0 Å². The van der Waals surface area contributed by atoms with Crippen LogP contribution < -0.4 is 5.32 Å². The van der Waals surface area contributed by atoms with Crippen LogP contribution in [0, 0.1) is 5.92 Å². The van der Waals surface area contributed by atoms with Crippen LogP contribution in [0.3, 0.4) is 0 Å². The van der Waals surface area contributed by atoms with E-state index < -0.39 is 0 Å². The largest absolute Gasteiger partial charge is 0.461 e. The molecule has 0 aliphatic carbocycles. The average molecular weight is 480 g/mol. The molecular weight excluding hydrogens is 454 g/mol. The molecule has 9 nitrogen and oxygen atoms in total. The van der Waals surface area contributed by atoms with E-state index in [9.17, 15) is 4.79 Å². The van der Waals surface area contributed by atoms with E-state index >= 15 is 0 Å². The Morgan fingerprint density at radius 3 is 2.69 bits per heavy atom. The molecule has 0 fully saturated rings. The van der Waals surface area contributed by atoms with E-state index in [2.05, 4.69) is 40.4 Å². The first-order valence-corrected chi connectivity index (χ1v) is 12.0. The first-order valence-electron chi connectivity index (χ1n) is 12.0. The lowest BCUT2D eigenvalue weighted by Crippen LogP contribution is -2.18. The lowest BCUT2D eigenvalue weighted by molar-refractivity contribution is -0.115. The molecule has 0 unspecified atom stereocenters. The number of anilines is 1. The number of carbonyl (C=O) groups is 1. The number of aryl methyl sites for hydroxylation is 1. The van der Waals surface area contributed by atoms with Crippen LogP contribution in [0.15, 0.2) is 71.5 Å². The van der Waals surface area contributed by atoms with Crippen LogP contribution in [0.25, 0.3) is 39.0 Å². The minimum atomic E-state index is -0.201. The Labute approximate surface area is 206 Å². The molecule has 9 heteroatoms. The topological polar surface area (TPSA) is 103 Å². The minimum absolute atomic E-state index is 0.201. The molecule has 0 atom stereocenters. The van der Waals surface area contributed by atoms with Gasteiger partial charge in [-0.1, -0.05) is 56.3 Å². The first-order chi connectivity index (χ1) is 17.5. The van der Waals surface area contributed by atoms with Gasteiger partial charge in [-0.2, -0.15) is 14.6 Å². The molecule has 0 aliphatic rings. The Kier molecular flexibility index (Phi) is 5.44. The smallest absolute Gasteiger partial charge is 0.234 e. The highest BCUT2D eigenvalue weighted by Gasteiger charge is 2.19. The van der Waals surface area contributed by atoms with Gasteiger partial charge in [0.2, 0.25) is 17.7 Å². The number of benzene rings is 2. The molecule has 36 heavy (non-hydrogen) atoms. The van der Waals surface area contributed by atoms with Crippen molar-refractivity contribution in [3.05, 3.63) is 72.6 Å². The Balaban J connectivity index is 1.36. The predicted octanol–water partition coefficient (Wildman–Crippen LogP) is 5.11. The summed E-state index contributed by atoms with van der Waals surface area (Å²) in [4.78, 5) is 22.4. The average Bonchev–Trinajstić information content (AvgIpc) is 3.61. The van der Waals surface area contributed by atoms with Crippen molar-refractivity contribution in [2.24, 2.45) is 5.92 Å². The molecule has 0 spiro atoms. The van der Waals surface area contributed by atoms with Crippen LogP contribution in [0.1, 0.15) is 25.8 Å². The minimum Gasteiger partial charge on any atom is -0.461 e. The number of furan rings is 1. The molecule has 4 heterocycles. The van der Waals surface area contributed by atoms with E-state index in [1.807, 2.05) is 47.3 Å². The molecule has 0 saturated heterocycles. The Morgan fingerprint density at radius 1 is 1.03 bits per heavy atom. The van der Waals surface area contributed by atoms with Crippen molar-refractivity contribution < 1.29 is 9.21 Å². The lowest BCUT2D eigenvalue weighted by Gasteiger charge is -2.07. The molecule has 4 aromatic heterocycles. The third kappa shape index (κ3) is 4.19. The molecule has 0 radical (unpaired) electrons. The summed E-state index contributed by atoms with van der Waals surface area (Å²) in [5.74, 6) is 1.56. The van der Waals surface area contributed by atoms with Crippen LogP contribution >= 0.6 is 0 Å². The number of nitrogens with one attached hydrogen (secondary N) is 1. The second-order valence-corrected chi connectivity index (χ2v) is 9.30. The molecule has 0 saturated carbocycles. The van der Waals surface area contributed by atoms with Crippen molar-refractivity contribution in [3.8, 4) is 11.6 Å². The highest BCUT2D eigenvalue weighted by molar-refractivity contribution is 5.95. The van der Waals surface area contributed by atoms with Crippen molar-refractivity contribution >= 4 is 39.3 Å². The maximum atomic E-state index is 13.1. The van der Waals surface area contributed by atoms with Crippen molar-refractivity contribution in [1.82, 2.24) is 29.4 Å². The summed E-state index contributed by atoms with van der Waals surface area (Å²) < 4.78 is 8.92. The third-order valence-electron chi connectivity index (χ3n) is 6.11. The monoisotopic (exact) mass is 479 g/mol. The maximum absolute atomic E-state index is 13.1. The summed E-state index contributed by atoms with van der Waals surface area (Å²) in [5.41, 5.74) is 1.98. The number of hydrogen-bond donors (Lipinski definition) is 1. The number of hydrogen-bond acceptors (Lipinski definition) is 6. The van der Waals surface area contributed by atoms with Crippen LogP contribution in [-0.4, -0.2) is 35.3 Å². The Bertz CT molecular complexity index is 1700. The number of aromatic nitrogens is 6. The van der Waals surface area contributed by atoms with Crippen LogP contribution in [0.4, 0.5) is 5.95 Å². The Morgan fingerprint density at radius 2 is 1.89 bits per heavy atom. The van der Waals surface area contributed by atoms with Gasteiger partial charge in [0.05, 0.1) is 18.1 Å². The Hall–Kier alpha value is -4.53. The zero-order valence-electron chi connectivity index (χ0n) is 20.0. The molecule has 6 aromatic rings. The van der Waals surface area contributed by atoms with Crippen molar-refractivity contribution in [2.75, 3.05) is 5.32 Å². The normalized spacial score (nSPS) is 11.8. The predicted molar refractivity (Wildman–Crippen MR) is 138 cm³/mol. The van der Waals surface area contributed by atoms with Gasteiger partial charge >= 0.3 is 0 Å². The zero-order chi connectivity index (χ0) is 24.6. The number of nitrogens with zero attached hydrogens (tertiary/aromatic N) is 6. The number of amides is 1. The molecular formula is C27H25N7O2. The fraction of sp³-hybridized carbons (Fsp3) is 0.222. The van der Waals surface area contributed by atoms with Crippen LogP contribution in [-0.2, 0) is 17.8 Å². The van der Waals surface area contributed by atoms with Crippen molar-refractivity contribution in [2.45, 2.75) is 33.2 Å². The molecule has 1 amide bonds. The second-order valence-electron chi connectivity index (χ2n) is 9.30. The molecule has 6 rings (SSSR count). The van der Waals surface area contributed by atoms with Gasteiger partial charge in [-0.25, -0.2) is 4.98 Å². The SMILES string of the molecule is CC(C)CCn1cc2c(nc(NC(=O)Cc3ccc4ccccc4c3)n3nc(-c4ccco4)nc23)n1. The van der Waals surface area contributed by atoms with Gasteiger partial charge in [0.15, 0.2) is 17.1 Å². The van der Waals surface area contributed by atoms with E-state index in [1.165, 1.54) is 0 Å². The summed E-state index contributed by atoms with van der Waals surface area (Å²) in [6.07, 6.45) is 4.70. The quantitative estimate of drug-likeness (QED) is 0.341. The zero-order valence-corrected chi connectivity index (χ0v) is 20.0. The number of carbonyl (C=O) groups excluding carboxylic acids is 1. The fourth-order valence-corrected chi connectivity index (χ4v) is 4.23. The standard InChI is InChI=1S/C27H25N7O2/c1-17(2)11-12-33-16-21-24(31-33)30-27(34-26(21)29-25(32-34)22-8-5-13-36-22)28-23(35)15-18-9-10-19-6-3-4-7-20(19)14-18/h3-10,13-14,16-17H,11-12,15H2,1-2H3,(H,28,30,31,35). The summed E-state index contributed by atoms with van der Waals surface area (Å²) in [7, 11) is 0. The molecule has 180 valence electrons. The first kappa shape index (κ1) is 22.0. The van der Waals surface area contributed by atoms with Gasteiger partial charge in [-0.15, -0.1) is 5.10 Å². The van der Waals surface area contributed by atoms with Gasteiger partial charge < -0.3 is 4.42 Å². The summed E-state index contributed by atoms with van der Waals surface area (Å²) in [6.45, 7) is 5.12. The summed E-state index contributed by atoms with van der Waals surface area (Å²) >= 11 is 0. The van der Waals surface area contributed by atoms with Gasteiger partial charge in [0, 0.05) is 12.7 Å². The van der Waals surface area contributed by atoms with E-state index in [1.54, 1.807) is 22.9 Å². The second kappa shape index (κ2) is 8.92. The maximum Gasteiger partial charge on any atom is 0.234 e. The fourth-order valence-electron chi connectivity index (χ4n) is 4.23. The highest BCUT2D eigenvalue weighted by Crippen LogP contribution is 2.24. The molecule has 0 aliphatic heterocycles. The highest BCUT2D eigenvalue weighted by atomic mass is 16.3. The van der Waals surface area contributed by atoms with Crippen LogP contribution in [0.5, 0.6) is 0 Å². The molecule has 2 aromatic carbocycles. The van der Waals surface area contributed by atoms with E-state index in [-0.39, 0.29) is 18.3 Å². The molecule has 1 N–H and O–H groups in total. The van der Waals surface area contributed by atoms with Crippen molar-refractivity contribution in [1.29, 1.82) is 0 Å². The van der Waals surface area contributed by atoms with Gasteiger partial charge in [-0.3, -0.25) is 14.8 Å². The van der Waals surface area contributed by atoms with E-state index in [0.717, 1.165) is 34.7 Å². The van der Waals surface area contributed by atoms with Gasteiger partial charge in [0.25, 0.3) is 0 Å². The van der Waals surface area contributed by atoms with Crippen LogP contribution in [0.2, 0.25) is 0 Å². The number of rotatable bonds is 7. The van der Waals surface area contributed by atoms with E-state index in [4.69, 9.17) is 9.40 Å². The van der Waals surface area contributed by atoms with E-state index in [0.29, 0.717) is 28.8 Å². The lowest BCUT2D eigenvalue weighted by atomic mass is 10.1.